The van der Waals surface area contributed by atoms with Gasteiger partial charge in [-0.15, -0.1) is 0 Å². The lowest BCUT2D eigenvalue weighted by atomic mass is 9.89. The molecule has 2 aliphatic rings. The molecule has 0 bridgehead atoms. The van der Waals surface area contributed by atoms with E-state index < -0.39 is 0 Å². The van der Waals surface area contributed by atoms with Crippen LogP contribution in [0.1, 0.15) is 17.9 Å². The summed E-state index contributed by atoms with van der Waals surface area (Å²) in [4.78, 5) is 7.73. The van der Waals surface area contributed by atoms with Crippen molar-refractivity contribution in [2.24, 2.45) is 0 Å². The number of piperidine rings is 1. The van der Waals surface area contributed by atoms with Gasteiger partial charge in [-0.2, -0.15) is 0 Å². The fraction of sp³-hybridized carbons (Fsp3) is 0.304. The average molecular weight is 361 g/mol. The Bertz CT molecular complexity index is 967. The summed E-state index contributed by atoms with van der Waals surface area (Å²) in [5.74, 6) is 0.644. The molecule has 2 atom stereocenters. The number of likely N-dealkylation sites (N-methyl/N-ethyl adjacent to an activating group) is 2. The normalized spacial score (nSPS) is 22.5. The van der Waals surface area contributed by atoms with Gasteiger partial charge in [-0.1, -0.05) is 54.2 Å². The van der Waals surface area contributed by atoms with Gasteiger partial charge in [0.25, 0.3) is 0 Å². The van der Waals surface area contributed by atoms with Crippen LogP contribution in [-0.4, -0.2) is 38.1 Å². The molecular weight excluding hydrogens is 336 g/mol. The SMILES string of the molecule is CN1CC[C@@H]2[C@@H](C1)c1cccc(Sc3ccc4ccccc4c3)c1N2C. The lowest BCUT2D eigenvalue weighted by Gasteiger charge is -2.35. The Morgan fingerprint density at radius 1 is 0.923 bits per heavy atom. The van der Waals surface area contributed by atoms with E-state index in [1.165, 1.54) is 51.3 Å². The van der Waals surface area contributed by atoms with E-state index in [0.29, 0.717) is 12.0 Å². The van der Waals surface area contributed by atoms with Gasteiger partial charge >= 0.3 is 0 Å². The maximum atomic E-state index is 2.55. The largest absolute Gasteiger partial charge is 0.370 e. The minimum absolute atomic E-state index is 0.644. The third kappa shape index (κ3) is 2.62. The number of nitrogens with zero attached hydrogens (tertiary/aromatic N) is 2. The summed E-state index contributed by atoms with van der Waals surface area (Å²) in [7, 11) is 4.54. The van der Waals surface area contributed by atoms with Crippen molar-refractivity contribution in [3.05, 3.63) is 66.2 Å². The Hall–Kier alpha value is -1.97. The molecule has 0 saturated carbocycles. The highest BCUT2D eigenvalue weighted by Gasteiger charge is 2.40. The van der Waals surface area contributed by atoms with E-state index in [9.17, 15) is 0 Å². The predicted molar refractivity (Wildman–Crippen MR) is 112 cm³/mol. The van der Waals surface area contributed by atoms with Crippen molar-refractivity contribution in [2.45, 2.75) is 28.2 Å². The standard InChI is InChI=1S/C23H24N2S/c1-24-13-12-21-20(15-24)19-8-5-9-22(23(19)25(21)2)26-18-11-10-16-6-3-4-7-17(16)14-18/h3-11,14,20-21H,12-13,15H2,1-2H3/t20-,21+/m0/s1. The summed E-state index contributed by atoms with van der Waals surface area (Å²) in [6.45, 7) is 2.37. The summed E-state index contributed by atoms with van der Waals surface area (Å²) in [6, 6.07) is 22.9. The maximum Gasteiger partial charge on any atom is 0.0544 e. The van der Waals surface area contributed by atoms with E-state index in [-0.39, 0.29) is 0 Å². The van der Waals surface area contributed by atoms with Gasteiger partial charge in [0, 0.05) is 35.3 Å². The second kappa shape index (κ2) is 6.33. The Balaban J connectivity index is 1.53. The molecule has 2 aliphatic heterocycles. The van der Waals surface area contributed by atoms with Crippen molar-refractivity contribution in [3.63, 3.8) is 0 Å². The first kappa shape index (κ1) is 16.2. The van der Waals surface area contributed by atoms with Crippen LogP contribution in [0.15, 0.2) is 70.5 Å². The van der Waals surface area contributed by atoms with Crippen molar-refractivity contribution in [1.82, 2.24) is 4.90 Å². The molecule has 0 radical (unpaired) electrons. The highest BCUT2D eigenvalue weighted by atomic mass is 32.2. The maximum absolute atomic E-state index is 2.55. The topological polar surface area (TPSA) is 6.48 Å². The molecule has 3 aromatic carbocycles. The van der Waals surface area contributed by atoms with Crippen LogP contribution in [-0.2, 0) is 0 Å². The number of anilines is 1. The monoisotopic (exact) mass is 360 g/mol. The lowest BCUT2D eigenvalue weighted by Crippen LogP contribution is -2.43. The van der Waals surface area contributed by atoms with Crippen molar-refractivity contribution in [2.75, 3.05) is 32.1 Å². The molecule has 0 aliphatic carbocycles. The summed E-state index contributed by atoms with van der Waals surface area (Å²) in [6.07, 6.45) is 1.26. The van der Waals surface area contributed by atoms with E-state index >= 15 is 0 Å². The van der Waals surface area contributed by atoms with Crippen LogP contribution in [0.5, 0.6) is 0 Å². The van der Waals surface area contributed by atoms with Crippen LogP contribution in [0.2, 0.25) is 0 Å². The zero-order chi connectivity index (χ0) is 17.7. The third-order valence-electron chi connectivity index (χ3n) is 6.01. The Kier molecular flexibility index (Phi) is 3.95. The van der Waals surface area contributed by atoms with Crippen LogP contribution in [0.4, 0.5) is 5.69 Å². The van der Waals surface area contributed by atoms with Crippen molar-refractivity contribution >= 4 is 28.2 Å². The molecule has 0 amide bonds. The first-order chi connectivity index (χ1) is 12.7. The molecule has 1 fully saturated rings. The summed E-state index contributed by atoms with van der Waals surface area (Å²) >= 11 is 1.90. The number of hydrogen-bond acceptors (Lipinski definition) is 3. The van der Waals surface area contributed by atoms with Crippen LogP contribution >= 0.6 is 11.8 Å². The van der Waals surface area contributed by atoms with Crippen LogP contribution in [0.3, 0.4) is 0 Å². The van der Waals surface area contributed by atoms with Crippen molar-refractivity contribution in [1.29, 1.82) is 0 Å². The molecule has 5 rings (SSSR count). The molecule has 2 nitrogen and oxygen atoms in total. The number of fused-ring (bicyclic) bond motifs is 4. The van der Waals surface area contributed by atoms with E-state index in [2.05, 4.69) is 84.6 Å². The van der Waals surface area contributed by atoms with Gasteiger partial charge < -0.3 is 9.80 Å². The van der Waals surface area contributed by atoms with Crippen LogP contribution in [0.25, 0.3) is 10.8 Å². The molecule has 0 aromatic heterocycles. The van der Waals surface area contributed by atoms with E-state index in [1.54, 1.807) is 0 Å². The summed E-state index contributed by atoms with van der Waals surface area (Å²) < 4.78 is 0. The van der Waals surface area contributed by atoms with Gasteiger partial charge in [0.15, 0.2) is 0 Å². The third-order valence-corrected chi connectivity index (χ3v) is 7.05. The fourth-order valence-electron chi connectivity index (χ4n) is 4.69. The van der Waals surface area contributed by atoms with Crippen molar-refractivity contribution < 1.29 is 0 Å². The number of likely N-dealkylation sites (tertiary alicyclic amines) is 1. The van der Waals surface area contributed by atoms with Crippen molar-refractivity contribution in [3.8, 4) is 0 Å². The zero-order valence-electron chi connectivity index (χ0n) is 15.4. The molecule has 132 valence electrons. The van der Waals surface area contributed by atoms with Gasteiger partial charge in [0.1, 0.15) is 0 Å². The van der Waals surface area contributed by atoms with Gasteiger partial charge in [-0.3, -0.25) is 0 Å². The highest BCUT2D eigenvalue weighted by molar-refractivity contribution is 7.99. The molecule has 3 aromatic rings. The number of benzene rings is 3. The predicted octanol–water partition coefficient (Wildman–Crippen LogP) is 5.23. The van der Waals surface area contributed by atoms with E-state index in [4.69, 9.17) is 0 Å². The van der Waals surface area contributed by atoms with Crippen LogP contribution in [0, 0.1) is 0 Å². The van der Waals surface area contributed by atoms with Gasteiger partial charge in [-0.05, 0) is 54.5 Å². The molecule has 0 spiro atoms. The van der Waals surface area contributed by atoms with Gasteiger partial charge in [-0.25, -0.2) is 0 Å². The Labute approximate surface area is 159 Å². The van der Waals surface area contributed by atoms with E-state index in [1.807, 2.05) is 11.8 Å². The minimum atomic E-state index is 0.644. The first-order valence-electron chi connectivity index (χ1n) is 9.41. The molecular formula is C23H24N2S. The smallest absolute Gasteiger partial charge is 0.0544 e. The first-order valence-corrected chi connectivity index (χ1v) is 10.2. The second-order valence-electron chi connectivity index (χ2n) is 7.64. The number of hydrogen-bond donors (Lipinski definition) is 0. The molecule has 26 heavy (non-hydrogen) atoms. The number of rotatable bonds is 2. The second-order valence-corrected chi connectivity index (χ2v) is 8.76. The van der Waals surface area contributed by atoms with Crippen LogP contribution < -0.4 is 4.90 Å². The fourth-order valence-corrected chi connectivity index (χ4v) is 5.77. The molecule has 1 saturated heterocycles. The highest BCUT2D eigenvalue weighted by Crippen LogP contribution is 2.49. The summed E-state index contributed by atoms with van der Waals surface area (Å²) in [5, 5.41) is 2.62. The minimum Gasteiger partial charge on any atom is -0.370 e. The quantitative estimate of drug-likeness (QED) is 0.618. The Morgan fingerprint density at radius 2 is 1.77 bits per heavy atom. The zero-order valence-corrected chi connectivity index (χ0v) is 16.2. The number of para-hydroxylation sites is 1. The molecule has 0 unspecified atom stereocenters. The van der Waals surface area contributed by atoms with E-state index in [0.717, 1.165) is 0 Å². The molecule has 0 N–H and O–H groups in total. The molecule has 3 heteroatoms. The molecule has 2 heterocycles. The lowest BCUT2D eigenvalue weighted by molar-refractivity contribution is 0.234. The Morgan fingerprint density at radius 3 is 2.65 bits per heavy atom. The average Bonchev–Trinajstić information content (AvgIpc) is 2.94. The van der Waals surface area contributed by atoms with Gasteiger partial charge in [0.2, 0.25) is 0 Å². The van der Waals surface area contributed by atoms with Gasteiger partial charge in [0.05, 0.1) is 5.69 Å². The summed E-state index contributed by atoms with van der Waals surface area (Å²) in [5.41, 5.74) is 2.99.